The first-order chi connectivity index (χ1) is 13.7. The van der Waals surface area contributed by atoms with Gasteiger partial charge in [0, 0.05) is 7.11 Å². The zero-order chi connectivity index (χ0) is 21.4. The van der Waals surface area contributed by atoms with Crippen LogP contribution in [0.4, 0.5) is 24.7 Å². The summed E-state index contributed by atoms with van der Waals surface area (Å²) < 4.78 is 54.1. The molecule has 0 saturated heterocycles. The Morgan fingerprint density at radius 2 is 1.97 bits per heavy atom. The lowest BCUT2D eigenvalue weighted by molar-refractivity contribution is -0.390. The van der Waals surface area contributed by atoms with Crippen molar-refractivity contribution in [2.45, 2.75) is 6.18 Å². The summed E-state index contributed by atoms with van der Waals surface area (Å²) in [6.07, 6.45) is -3.45. The van der Waals surface area contributed by atoms with Gasteiger partial charge < -0.3 is 29.6 Å². The number of amides is 1. The van der Waals surface area contributed by atoms with Crippen molar-refractivity contribution in [1.82, 2.24) is 4.98 Å². The summed E-state index contributed by atoms with van der Waals surface area (Å²) >= 11 is 0. The van der Waals surface area contributed by atoms with Crippen LogP contribution in [0, 0.1) is 10.1 Å². The monoisotopic (exact) mass is 415 g/mol. The third-order valence-electron chi connectivity index (χ3n) is 3.41. The molecule has 9 nitrogen and oxygen atoms in total. The summed E-state index contributed by atoms with van der Waals surface area (Å²) in [5, 5.41) is 13.1. The van der Waals surface area contributed by atoms with Crippen LogP contribution in [0.15, 0.2) is 36.5 Å². The van der Waals surface area contributed by atoms with E-state index in [1.165, 1.54) is 25.4 Å². The van der Waals surface area contributed by atoms with Gasteiger partial charge in [-0.1, -0.05) is 0 Å². The highest BCUT2D eigenvalue weighted by molar-refractivity contribution is 5.93. The van der Waals surface area contributed by atoms with Crippen LogP contribution >= 0.6 is 0 Å². The molecule has 29 heavy (non-hydrogen) atoms. The number of nitro groups is 1. The number of rotatable bonds is 9. The molecule has 1 aromatic heterocycles. The number of alkyl halides is 3. The minimum absolute atomic E-state index is 0.00393. The fourth-order valence-electron chi connectivity index (χ4n) is 2.13. The van der Waals surface area contributed by atoms with Gasteiger partial charge in [-0.05, 0) is 40.2 Å². The minimum atomic E-state index is -4.63. The highest BCUT2D eigenvalue weighted by Gasteiger charge is 2.31. The van der Waals surface area contributed by atoms with Crippen LogP contribution < -0.4 is 14.8 Å². The SMILES string of the molecule is COCCOc1ccc(C(F)(F)F)cc1NC(=O)COc1cccnc1[N+](=O)[O-]. The van der Waals surface area contributed by atoms with E-state index in [4.69, 9.17) is 14.2 Å². The summed E-state index contributed by atoms with van der Waals surface area (Å²) in [5.41, 5.74) is -1.22. The second kappa shape index (κ2) is 9.68. The second-order valence-corrected chi connectivity index (χ2v) is 5.47. The van der Waals surface area contributed by atoms with Gasteiger partial charge in [0.25, 0.3) is 5.91 Å². The van der Waals surface area contributed by atoms with E-state index in [0.29, 0.717) is 6.07 Å². The lowest BCUT2D eigenvalue weighted by Gasteiger charge is -2.15. The molecule has 0 unspecified atom stereocenters. The molecule has 2 rings (SSSR count). The molecule has 0 atom stereocenters. The van der Waals surface area contributed by atoms with Crippen LogP contribution in [0.25, 0.3) is 0 Å². The first-order valence-electron chi connectivity index (χ1n) is 8.07. The van der Waals surface area contributed by atoms with E-state index in [9.17, 15) is 28.1 Å². The number of benzene rings is 1. The molecule has 1 amide bonds. The molecule has 0 aliphatic carbocycles. The molecular weight excluding hydrogens is 399 g/mol. The molecule has 1 heterocycles. The molecule has 1 aromatic carbocycles. The number of carbonyl (C=O) groups is 1. The number of carbonyl (C=O) groups excluding carboxylic acids is 1. The van der Waals surface area contributed by atoms with Crippen LogP contribution in [0.2, 0.25) is 0 Å². The molecule has 0 aliphatic heterocycles. The van der Waals surface area contributed by atoms with Gasteiger partial charge in [0.1, 0.15) is 18.6 Å². The van der Waals surface area contributed by atoms with E-state index < -0.39 is 35.0 Å². The van der Waals surface area contributed by atoms with Crippen LogP contribution in [0.3, 0.4) is 0 Å². The third-order valence-corrected chi connectivity index (χ3v) is 3.41. The zero-order valence-electron chi connectivity index (χ0n) is 15.1. The van der Waals surface area contributed by atoms with Crippen LogP contribution in [-0.4, -0.2) is 42.7 Å². The molecule has 0 aliphatic rings. The van der Waals surface area contributed by atoms with Gasteiger partial charge in [0.05, 0.1) is 17.9 Å². The number of hydrogen-bond acceptors (Lipinski definition) is 7. The fourth-order valence-corrected chi connectivity index (χ4v) is 2.13. The Labute approximate surface area is 162 Å². The van der Waals surface area contributed by atoms with Gasteiger partial charge >= 0.3 is 12.0 Å². The van der Waals surface area contributed by atoms with Gasteiger partial charge in [-0.15, -0.1) is 0 Å². The maximum atomic E-state index is 13.0. The lowest BCUT2D eigenvalue weighted by atomic mass is 10.1. The fraction of sp³-hybridized carbons (Fsp3) is 0.294. The number of anilines is 1. The highest BCUT2D eigenvalue weighted by Crippen LogP contribution is 2.35. The third kappa shape index (κ3) is 6.31. The number of nitrogens with zero attached hydrogens (tertiary/aromatic N) is 2. The average Bonchev–Trinajstić information content (AvgIpc) is 2.67. The highest BCUT2D eigenvalue weighted by atomic mass is 19.4. The number of aromatic nitrogens is 1. The second-order valence-electron chi connectivity index (χ2n) is 5.47. The van der Waals surface area contributed by atoms with Crippen molar-refractivity contribution in [2.24, 2.45) is 0 Å². The number of nitrogens with one attached hydrogen (secondary N) is 1. The number of halogens is 3. The standard InChI is InChI=1S/C17H16F3N3O6/c1-27-7-8-28-13-5-4-11(17(18,19)20)9-12(13)22-15(24)10-29-14-3-2-6-21-16(14)23(25)26/h2-6,9H,7-8,10H2,1H3,(H,22,24). The van der Waals surface area contributed by atoms with Gasteiger partial charge in [0.2, 0.25) is 5.75 Å². The van der Waals surface area contributed by atoms with E-state index in [-0.39, 0.29) is 30.4 Å². The normalized spacial score (nSPS) is 11.0. The largest absolute Gasteiger partial charge is 0.489 e. The first kappa shape index (κ1) is 21.9. The van der Waals surface area contributed by atoms with E-state index in [1.807, 2.05) is 0 Å². The molecule has 0 radical (unpaired) electrons. The number of pyridine rings is 1. The van der Waals surface area contributed by atoms with Gasteiger partial charge in [-0.3, -0.25) is 4.79 Å². The predicted octanol–water partition coefficient (Wildman–Crippen LogP) is 3.05. The summed E-state index contributed by atoms with van der Waals surface area (Å²) in [5.74, 6) is -1.70. The van der Waals surface area contributed by atoms with Crippen LogP contribution in [0.1, 0.15) is 5.56 Å². The minimum Gasteiger partial charge on any atom is -0.489 e. The Bertz CT molecular complexity index is 876. The molecule has 12 heteroatoms. The first-order valence-corrected chi connectivity index (χ1v) is 8.07. The molecule has 0 bridgehead atoms. The molecule has 1 N–H and O–H groups in total. The van der Waals surface area contributed by atoms with Crippen molar-refractivity contribution < 1.29 is 37.1 Å². The Morgan fingerprint density at radius 3 is 2.62 bits per heavy atom. The molecule has 0 fully saturated rings. The molecule has 0 saturated carbocycles. The van der Waals surface area contributed by atoms with Gasteiger partial charge in [0.15, 0.2) is 6.61 Å². The van der Waals surface area contributed by atoms with E-state index in [0.717, 1.165) is 12.1 Å². The lowest BCUT2D eigenvalue weighted by Crippen LogP contribution is -2.21. The van der Waals surface area contributed by atoms with Crippen molar-refractivity contribution in [3.8, 4) is 11.5 Å². The zero-order valence-corrected chi connectivity index (χ0v) is 15.1. The molecule has 2 aromatic rings. The van der Waals surface area contributed by atoms with Crippen molar-refractivity contribution >= 4 is 17.4 Å². The Morgan fingerprint density at radius 1 is 1.21 bits per heavy atom. The maximum absolute atomic E-state index is 13.0. The summed E-state index contributed by atoms with van der Waals surface area (Å²) in [7, 11) is 1.42. The average molecular weight is 415 g/mol. The summed E-state index contributed by atoms with van der Waals surface area (Å²) in [6.45, 7) is -0.467. The van der Waals surface area contributed by atoms with Crippen LogP contribution in [0.5, 0.6) is 11.5 Å². The summed E-state index contributed by atoms with van der Waals surface area (Å²) in [4.78, 5) is 25.7. The van der Waals surface area contributed by atoms with E-state index >= 15 is 0 Å². The summed E-state index contributed by atoms with van der Waals surface area (Å²) in [6, 6.07) is 5.21. The smallest absolute Gasteiger partial charge is 0.416 e. The van der Waals surface area contributed by atoms with Crippen molar-refractivity contribution in [1.29, 1.82) is 0 Å². The van der Waals surface area contributed by atoms with E-state index in [1.54, 1.807) is 0 Å². The van der Waals surface area contributed by atoms with E-state index in [2.05, 4.69) is 10.3 Å². The number of hydrogen-bond donors (Lipinski definition) is 1. The Hall–Kier alpha value is -3.41. The molecule has 156 valence electrons. The number of ether oxygens (including phenoxy) is 3. The Balaban J connectivity index is 2.14. The van der Waals surface area contributed by atoms with Gasteiger partial charge in [-0.2, -0.15) is 13.2 Å². The van der Waals surface area contributed by atoms with Crippen molar-refractivity contribution in [3.63, 3.8) is 0 Å². The quantitative estimate of drug-likeness (QED) is 0.380. The molecule has 0 spiro atoms. The van der Waals surface area contributed by atoms with Gasteiger partial charge in [-0.25, -0.2) is 0 Å². The Kier molecular flexibility index (Phi) is 7.31. The number of methoxy groups -OCH3 is 1. The predicted molar refractivity (Wildman–Crippen MR) is 93.8 cm³/mol. The molecular formula is C17H16F3N3O6. The van der Waals surface area contributed by atoms with Crippen molar-refractivity contribution in [2.75, 3.05) is 32.2 Å². The topological polar surface area (TPSA) is 113 Å². The van der Waals surface area contributed by atoms with Crippen molar-refractivity contribution in [3.05, 3.63) is 52.2 Å². The maximum Gasteiger partial charge on any atom is 0.416 e. The van der Waals surface area contributed by atoms with Crippen LogP contribution in [-0.2, 0) is 15.7 Å².